The van der Waals surface area contributed by atoms with Crippen molar-refractivity contribution in [1.29, 1.82) is 0 Å². The molecular weight excluding hydrogens is 262 g/mol. The predicted octanol–water partition coefficient (Wildman–Crippen LogP) is 3.23. The van der Waals surface area contributed by atoms with E-state index in [4.69, 9.17) is 0 Å². The standard InChI is InChI=1S/C18H25NO2/c1-14(2)13-18(21)19-12-6-9-16(19)17(20)11-10-15-7-4-3-5-8-15/h3-5,7-8,14,16H,6,9-13H2,1-2H3. The molecule has 1 aliphatic rings. The maximum atomic E-state index is 12.4. The molecule has 1 aromatic rings. The maximum Gasteiger partial charge on any atom is 0.223 e. The summed E-state index contributed by atoms with van der Waals surface area (Å²) in [5, 5.41) is 0. The zero-order valence-electron chi connectivity index (χ0n) is 13.0. The second-order valence-electron chi connectivity index (χ2n) is 6.30. The van der Waals surface area contributed by atoms with E-state index in [-0.39, 0.29) is 17.7 Å². The Bertz CT molecular complexity index is 481. The van der Waals surface area contributed by atoms with E-state index < -0.39 is 0 Å². The van der Waals surface area contributed by atoms with Crippen molar-refractivity contribution in [2.45, 2.75) is 52.0 Å². The van der Waals surface area contributed by atoms with E-state index >= 15 is 0 Å². The SMILES string of the molecule is CC(C)CC(=O)N1CCCC1C(=O)CCc1ccccc1. The third kappa shape index (κ3) is 4.42. The van der Waals surface area contributed by atoms with Gasteiger partial charge < -0.3 is 4.90 Å². The number of ketones is 1. The molecule has 0 bridgehead atoms. The van der Waals surface area contributed by atoms with Crippen molar-refractivity contribution in [2.24, 2.45) is 5.92 Å². The van der Waals surface area contributed by atoms with Gasteiger partial charge in [-0.2, -0.15) is 0 Å². The van der Waals surface area contributed by atoms with Crippen molar-refractivity contribution in [2.75, 3.05) is 6.54 Å². The Balaban J connectivity index is 1.90. The fraction of sp³-hybridized carbons (Fsp3) is 0.556. The van der Waals surface area contributed by atoms with Crippen LogP contribution in [0.1, 0.15) is 45.1 Å². The lowest BCUT2D eigenvalue weighted by Gasteiger charge is -2.24. The molecule has 3 heteroatoms. The van der Waals surface area contributed by atoms with E-state index in [1.165, 1.54) is 5.56 Å². The monoisotopic (exact) mass is 287 g/mol. The molecule has 1 heterocycles. The average Bonchev–Trinajstić information content (AvgIpc) is 2.95. The molecule has 21 heavy (non-hydrogen) atoms. The molecule has 1 unspecified atom stereocenters. The molecule has 0 spiro atoms. The fourth-order valence-electron chi connectivity index (χ4n) is 2.95. The number of amides is 1. The van der Waals surface area contributed by atoms with E-state index in [1.807, 2.05) is 49.1 Å². The summed E-state index contributed by atoms with van der Waals surface area (Å²) in [7, 11) is 0. The van der Waals surface area contributed by atoms with Gasteiger partial charge in [0, 0.05) is 19.4 Å². The Morgan fingerprint density at radius 3 is 2.62 bits per heavy atom. The van der Waals surface area contributed by atoms with Gasteiger partial charge in [-0.3, -0.25) is 9.59 Å². The molecule has 0 aromatic heterocycles. The Morgan fingerprint density at radius 1 is 1.24 bits per heavy atom. The lowest BCUT2D eigenvalue weighted by atomic mass is 10.0. The number of Topliss-reactive ketones (excluding diaryl/α,β-unsaturated/α-hetero) is 1. The van der Waals surface area contributed by atoms with Crippen LogP contribution in [0.5, 0.6) is 0 Å². The highest BCUT2D eigenvalue weighted by Gasteiger charge is 2.33. The highest BCUT2D eigenvalue weighted by atomic mass is 16.2. The first kappa shape index (κ1) is 15.7. The molecule has 0 radical (unpaired) electrons. The summed E-state index contributed by atoms with van der Waals surface area (Å²) in [5.41, 5.74) is 1.18. The molecule has 0 saturated carbocycles. The molecule has 114 valence electrons. The minimum absolute atomic E-state index is 0.139. The lowest BCUT2D eigenvalue weighted by Crippen LogP contribution is -2.41. The van der Waals surface area contributed by atoms with Gasteiger partial charge in [0.15, 0.2) is 5.78 Å². The fourth-order valence-corrected chi connectivity index (χ4v) is 2.95. The minimum atomic E-state index is -0.181. The van der Waals surface area contributed by atoms with Crippen molar-refractivity contribution < 1.29 is 9.59 Å². The van der Waals surface area contributed by atoms with Gasteiger partial charge in [0.2, 0.25) is 5.91 Å². The van der Waals surface area contributed by atoms with Crippen LogP contribution in [0.2, 0.25) is 0 Å². The van der Waals surface area contributed by atoms with Crippen molar-refractivity contribution >= 4 is 11.7 Å². The van der Waals surface area contributed by atoms with Gasteiger partial charge in [-0.15, -0.1) is 0 Å². The van der Waals surface area contributed by atoms with Gasteiger partial charge in [-0.25, -0.2) is 0 Å². The first-order chi connectivity index (χ1) is 10.1. The Kier molecular flexibility index (Phi) is 5.54. The summed E-state index contributed by atoms with van der Waals surface area (Å²) >= 11 is 0. The molecule has 1 aliphatic heterocycles. The summed E-state index contributed by atoms with van der Waals surface area (Å²) in [5.74, 6) is 0.701. The molecule has 1 atom stereocenters. The minimum Gasteiger partial charge on any atom is -0.333 e. The van der Waals surface area contributed by atoms with Gasteiger partial charge in [-0.1, -0.05) is 44.2 Å². The Labute approximate surface area is 127 Å². The topological polar surface area (TPSA) is 37.4 Å². The van der Waals surface area contributed by atoms with Crippen LogP contribution in [-0.2, 0) is 16.0 Å². The number of nitrogens with zero attached hydrogens (tertiary/aromatic N) is 1. The van der Waals surface area contributed by atoms with Crippen LogP contribution in [0.15, 0.2) is 30.3 Å². The highest BCUT2D eigenvalue weighted by Crippen LogP contribution is 2.22. The quantitative estimate of drug-likeness (QED) is 0.805. The number of carbonyl (C=O) groups is 2. The summed E-state index contributed by atoms with van der Waals surface area (Å²) in [6.45, 7) is 4.83. The summed E-state index contributed by atoms with van der Waals surface area (Å²) in [6, 6.07) is 9.88. The van der Waals surface area contributed by atoms with Gasteiger partial charge in [-0.05, 0) is 30.7 Å². The van der Waals surface area contributed by atoms with E-state index in [2.05, 4.69) is 0 Å². The van der Waals surface area contributed by atoms with Crippen LogP contribution in [0.3, 0.4) is 0 Å². The molecule has 1 fully saturated rings. The molecule has 1 saturated heterocycles. The second kappa shape index (κ2) is 7.39. The molecule has 3 nitrogen and oxygen atoms in total. The van der Waals surface area contributed by atoms with Crippen LogP contribution >= 0.6 is 0 Å². The van der Waals surface area contributed by atoms with E-state index in [1.54, 1.807) is 0 Å². The molecule has 1 aromatic carbocycles. The van der Waals surface area contributed by atoms with Crippen molar-refractivity contribution in [3.05, 3.63) is 35.9 Å². The molecule has 0 aliphatic carbocycles. The number of rotatable bonds is 6. The summed E-state index contributed by atoms with van der Waals surface area (Å²) < 4.78 is 0. The maximum absolute atomic E-state index is 12.4. The number of aryl methyl sites for hydroxylation is 1. The van der Waals surface area contributed by atoms with Gasteiger partial charge in [0.1, 0.15) is 0 Å². The average molecular weight is 287 g/mol. The normalized spacial score (nSPS) is 18.2. The van der Waals surface area contributed by atoms with Gasteiger partial charge >= 0.3 is 0 Å². The largest absolute Gasteiger partial charge is 0.333 e. The molecule has 1 amide bonds. The van der Waals surface area contributed by atoms with Gasteiger partial charge in [0.05, 0.1) is 6.04 Å². The number of carbonyl (C=O) groups excluding carboxylic acids is 2. The zero-order chi connectivity index (χ0) is 15.2. The number of hydrogen-bond donors (Lipinski definition) is 0. The van der Waals surface area contributed by atoms with Crippen molar-refractivity contribution in [1.82, 2.24) is 4.90 Å². The van der Waals surface area contributed by atoms with Gasteiger partial charge in [0.25, 0.3) is 0 Å². The molecule has 2 rings (SSSR count). The highest BCUT2D eigenvalue weighted by molar-refractivity contribution is 5.89. The van der Waals surface area contributed by atoms with Crippen molar-refractivity contribution in [3.63, 3.8) is 0 Å². The number of likely N-dealkylation sites (tertiary alicyclic amines) is 1. The third-order valence-corrected chi connectivity index (χ3v) is 4.03. The van der Waals surface area contributed by atoms with Crippen LogP contribution in [0.25, 0.3) is 0 Å². The van der Waals surface area contributed by atoms with E-state index in [9.17, 15) is 9.59 Å². The van der Waals surface area contributed by atoms with Crippen LogP contribution in [-0.4, -0.2) is 29.2 Å². The zero-order valence-corrected chi connectivity index (χ0v) is 13.0. The van der Waals surface area contributed by atoms with Crippen LogP contribution < -0.4 is 0 Å². The lowest BCUT2D eigenvalue weighted by molar-refractivity contribution is -0.138. The smallest absolute Gasteiger partial charge is 0.223 e. The molecule has 0 N–H and O–H groups in total. The molecular formula is C18H25NO2. The third-order valence-electron chi connectivity index (χ3n) is 4.03. The second-order valence-corrected chi connectivity index (χ2v) is 6.30. The van der Waals surface area contributed by atoms with Crippen molar-refractivity contribution in [3.8, 4) is 0 Å². The Morgan fingerprint density at radius 2 is 1.95 bits per heavy atom. The van der Waals surface area contributed by atoms with Crippen LogP contribution in [0, 0.1) is 5.92 Å². The summed E-state index contributed by atoms with van der Waals surface area (Å²) in [6.07, 6.45) is 3.62. The predicted molar refractivity (Wildman–Crippen MR) is 84.0 cm³/mol. The number of benzene rings is 1. The first-order valence-electron chi connectivity index (χ1n) is 7.94. The summed E-state index contributed by atoms with van der Waals surface area (Å²) in [4.78, 5) is 26.5. The Hall–Kier alpha value is -1.64. The first-order valence-corrected chi connectivity index (χ1v) is 7.94. The van der Waals surface area contributed by atoms with E-state index in [0.29, 0.717) is 18.8 Å². The number of hydrogen-bond acceptors (Lipinski definition) is 2. The van der Waals surface area contributed by atoms with E-state index in [0.717, 1.165) is 25.8 Å². The van der Waals surface area contributed by atoms with Crippen LogP contribution in [0.4, 0.5) is 0 Å².